The van der Waals surface area contributed by atoms with Crippen LogP contribution in [-0.4, -0.2) is 6.41 Å². The number of carbonyl (C=O) groups is 1. The van der Waals surface area contributed by atoms with E-state index in [0.717, 1.165) is 17.8 Å². The minimum absolute atomic E-state index is 0.843. The zero-order valence-electron chi connectivity index (χ0n) is 10.1. The molecule has 86 valence electrons. The van der Waals surface area contributed by atoms with Gasteiger partial charge in [-0.3, -0.25) is 9.69 Å². The van der Waals surface area contributed by atoms with Crippen LogP contribution in [0.4, 0.5) is 11.4 Å². The van der Waals surface area contributed by atoms with Gasteiger partial charge in [-0.1, -0.05) is 35.4 Å². The second-order valence-corrected chi connectivity index (χ2v) is 4.15. The molecule has 2 aromatic rings. The lowest BCUT2D eigenvalue weighted by molar-refractivity contribution is -0.106. The first-order valence-corrected chi connectivity index (χ1v) is 5.58. The zero-order chi connectivity index (χ0) is 12.3. The fourth-order valence-electron chi connectivity index (χ4n) is 1.68. The molecule has 0 radical (unpaired) electrons. The monoisotopic (exact) mass is 225 g/mol. The molecule has 0 aliphatic carbocycles. The van der Waals surface area contributed by atoms with Gasteiger partial charge in [-0.15, -0.1) is 0 Å². The number of hydrogen-bond donors (Lipinski definition) is 0. The number of rotatable bonds is 3. The molecule has 2 rings (SSSR count). The first-order valence-electron chi connectivity index (χ1n) is 5.58. The maximum absolute atomic E-state index is 11.2. The van der Waals surface area contributed by atoms with Crippen molar-refractivity contribution in [2.24, 2.45) is 0 Å². The van der Waals surface area contributed by atoms with Crippen LogP contribution in [-0.2, 0) is 4.79 Å². The smallest absolute Gasteiger partial charge is 0.218 e. The molecule has 0 aliphatic heterocycles. The third kappa shape index (κ3) is 2.53. The third-order valence-corrected chi connectivity index (χ3v) is 2.73. The Bertz CT molecular complexity index is 454. The lowest BCUT2D eigenvalue weighted by Crippen LogP contribution is -2.13. The molecule has 0 saturated heterocycles. The average molecular weight is 225 g/mol. The minimum atomic E-state index is 0.843. The number of benzene rings is 2. The van der Waals surface area contributed by atoms with Crippen molar-refractivity contribution in [2.75, 3.05) is 4.90 Å². The van der Waals surface area contributed by atoms with Crippen molar-refractivity contribution in [3.05, 3.63) is 59.7 Å². The highest BCUT2D eigenvalue weighted by Gasteiger charge is 2.06. The molecule has 0 fully saturated rings. The molecule has 0 atom stereocenters. The minimum Gasteiger partial charge on any atom is -0.284 e. The van der Waals surface area contributed by atoms with Crippen LogP contribution in [0.2, 0.25) is 0 Å². The van der Waals surface area contributed by atoms with Crippen LogP contribution in [0.1, 0.15) is 11.1 Å². The molecule has 0 unspecified atom stereocenters. The van der Waals surface area contributed by atoms with Crippen LogP contribution in [0, 0.1) is 13.8 Å². The van der Waals surface area contributed by atoms with Crippen LogP contribution < -0.4 is 4.90 Å². The van der Waals surface area contributed by atoms with E-state index in [-0.39, 0.29) is 0 Å². The molecule has 17 heavy (non-hydrogen) atoms. The van der Waals surface area contributed by atoms with Gasteiger partial charge in [0.1, 0.15) is 0 Å². The summed E-state index contributed by atoms with van der Waals surface area (Å²) in [5, 5.41) is 0. The molecule has 0 aliphatic rings. The number of hydrogen-bond acceptors (Lipinski definition) is 1. The quantitative estimate of drug-likeness (QED) is 0.731. The molecule has 2 aromatic carbocycles. The van der Waals surface area contributed by atoms with Gasteiger partial charge in [-0.25, -0.2) is 0 Å². The van der Waals surface area contributed by atoms with Gasteiger partial charge in [0.15, 0.2) is 0 Å². The zero-order valence-corrected chi connectivity index (χ0v) is 10.1. The van der Waals surface area contributed by atoms with Crippen LogP contribution in [0.5, 0.6) is 0 Å². The Morgan fingerprint density at radius 1 is 0.765 bits per heavy atom. The van der Waals surface area contributed by atoms with Crippen molar-refractivity contribution >= 4 is 17.8 Å². The summed E-state index contributed by atoms with van der Waals surface area (Å²) in [6.07, 6.45) is 0.843. The number of aryl methyl sites for hydroxylation is 2. The Balaban J connectivity index is 2.36. The molecule has 0 N–H and O–H groups in total. The average Bonchev–Trinajstić information content (AvgIpc) is 2.35. The Kier molecular flexibility index (Phi) is 3.24. The van der Waals surface area contributed by atoms with Gasteiger partial charge in [-0.2, -0.15) is 0 Å². The van der Waals surface area contributed by atoms with Gasteiger partial charge < -0.3 is 0 Å². The summed E-state index contributed by atoms with van der Waals surface area (Å²) in [7, 11) is 0. The first kappa shape index (κ1) is 11.4. The Morgan fingerprint density at radius 2 is 1.12 bits per heavy atom. The van der Waals surface area contributed by atoms with Crippen molar-refractivity contribution in [3.8, 4) is 0 Å². The van der Waals surface area contributed by atoms with E-state index < -0.39 is 0 Å². The van der Waals surface area contributed by atoms with Gasteiger partial charge in [0, 0.05) is 11.4 Å². The second kappa shape index (κ2) is 4.83. The Labute approximate surface area is 102 Å². The number of carbonyl (C=O) groups excluding carboxylic acids is 1. The Morgan fingerprint density at radius 3 is 1.41 bits per heavy atom. The summed E-state index contributed by atoms with van der Waals surface area (Å²) in [4.78, 5) is 12.8. The predicted molar refractivity (Wildman–Crippen MR) is 70.6 cm³/mol. The summed E-state index contributed by atoms with van der Waals surface area (Å²) in [5.74, 6) is 0. The summed E-state index contributed by atoms with van der Waals surface area (Å²) in [6, 6.07) is 15.8. The normalized spacial score (nSPS) is 10.0. The summed E-state index contributed by atoms with van der Waals surface area (Å²) in [5.41, 5.74) is 4.14. The van der Waals surface area contributed by atoms with Crippen LogP contribution in [0.25, 0.3) is 0 Å². The Hall–Kier alpha value is -2.09. The van der Waals surface area contributed by atoms with E-state index in [4.69, 9.17) is 0 Å². The van der Waals surface area contributed by atoms with Gasteiger partial charge in [0.2, 0.25) is 6.41 Å². The van der Waals surface area contributed by atoms with Gasteiger partial charge >= 0.3 is 0 Å². The molecule has 0 spiro atoms. The standard InChI is InChI=1S/C15H15NO/c1-12-3-7-14(8-4-12)16(11-17)15-9-5-13(2)6-10-15/h3-11H,1-2H3. The lowest BCUT2D eigenvalue weighted by Gasteiger charge is -2.17. The van der Waals surface area contributed by atoms with E-state index in [2.05, 4.69) is 0 Å². The van der Waals surface area contributed by atoms with E-state index >= 15 is 0 Å². The van der Waals surface area contributed by atoms with Crippen molar-refractivity contribution in [2.45, 2.75) is 13.8 Å². The molecular formula is C15H15NO. The van der Waals surface area contributed by atoms with Crippen molar-refractivity contribution in [3.63, 3.8) is 0 Å². The highest BCUT2D eigenvalue weighted by Crippen LogP contribution is 2.24. The highest BCUT2D eigenvalue weighted by molar-refractivity contribution is 5.86. The molecule has 0 bridgehead atoms. The summed E-state index contributed by atoms with van der Waals surface area (Å²) in [6.45, 7) is 4.06. The first-order chi connectivity index (χ1) is 8.20. The largest absolute Gasteiger partial charge is 0.284 e. The third-order valence-electron chi connectivity index (χ3n) is 2.73. The maximum Gasteiger partial charge on any atom is 0.218 e. The van der Waals surface area contributed by atoms with E-state index in [1.165, 1.54) is 11.1 Å². The van der Waals surface area contributed by atoms with Gasteiger partial charge in [0.25, 0.3) is 0 Å². The van der Waals surface area contributed by atoms with E-state index in [9.17, 15) is 4.79 Å². The van der Waals surface area contributed by atoms with Crippen molar-refractivity contribution in [1.29, 1.82) is 0 Å². The fourth-order valence-corrected chi connectivity index (χ4v) is 1.68. The molecule has 2 nitrogen and oxygen atoms in total. The number of amides is 1. The summed E-state index contributed by atoms with van der Waals surface area (Å²) >= 11 is 0. The van der Waals surface area contributed by atoms with Crippen LogP contribution >= 0.6 is 0 Å². The molecule has 0 heterocycles. The SMILES string of the molecule is Cc1ccc(N(C=O)c2ccc(C)cc2)cc1. The fraction of sp³-hybridized carbons (Fsp3) is 0.133. The van der Waals surface area contributed by atoms with Gasteiger partial charge in [-0.05, 0) is 38.1 Å². The molecule has 1 amide bonds. The topological polar surface area (TPSA) is 20.3 Å². The number of nitrogens with zero attached hydrogens (tertiary/aromatic N) is 1. The highest BCUT2D eigenvalue weighted by atomic mass is 16.1. The van der Waals surface area contributed by atoms with Gasteiger partial charge in [0.05, 0.1) is 0 Å². The van der Waals surface area contributed by atoms with E-state index in [0.29, 0.717) is 0 Å². The lowest BCUT2D eigenvalue weighted by atomic mass is 10.2. The second-order valence-electron chi connectivity index (χ2n) is 4.15. The molecule has 0 aromatic heterocycles. The predicted octanol–water partition coefficient (Wildman–Crippen LogP) is 3.60. The maximum atomic E-state index is 11.2. The van der Waals surface area contributed by atoms with Crippen molar-refractivity contribution < 1.29 is 4.79 Å². The summed E-state index contributed by atoms with van der Waals surface area (Å²) < 4.78 is 0. The molecular weight excluding hydrogens is 210 g/mol. The number of anilines is 2. The van der Waals surface area contributed by atoms with Crippen LogP contribution in [0.3, 0.4) is 0 Å². The molecule has 0 saturated carbocycles. The van der Waals surface area contributed by atoms with Crippen molar-refractivity contribution in [1.82, 2.24) is 0 Å². The van der Waals surface area contributed by atoms with E-state index in [1.54, 1.807) is 4.90 Å². The van der Waals surface area contributed by atoms with E-state index in [1.807, 2.05) is 62.4 Å². The van der Waals surface area contributed by atoms with Crippen LogP contribution in [0.15, 0.2) is 48.5 Å². The molecule has 2 heteroatoms.